The van der Waals surface area contributed by atoms with Crippen LogP contribution in [0, 0.1) is 17.8 Å². The van der Waals surface area contributed by atoms with Crippen LogP contribution in [0.1, 0.15) is 33.1 Å². The van der Waals surface area contributed by atoms with Crippen LogP contribution in [0.15, 0.2) is 24.3 Å². The predicted octanol–water partition coefficient (Wildman–Crippen LogP) is 4.56. The summed E-state index contributed by atoms with van der Waals surface area (Å²) in [7, 11) is 0. The SMILES string of the molecule is C[C@H]1C[C@H](C)CN(CC2CCN(C(=O)Nc3cccc(Cl)c3)CC2)C1. The molecule has 5 heteroatoms. The first-order valence-electron chi connectivity index (χ1n) is 9.53. The molecular weight excluding hydrogens is 334 g/mol. The number of benzene rings is 1. The number of rotatable bonds is 3. The molecule has 2 atom stereocenters. The van der Waals surface area contributed by atoms with E-state index in [0.29, 0.717) is 10.9 Å². The molecule has 0 saturated carbocycles. The number of likely N-dealkylation sites (tertiary alicyclic amines) is 2. The van der Waals surface area contributed by atoms with Gasteiger partial charge in [0.05, 0.1) is 0 Å². The predicted molar refractivity (Wildman–Crippen MR) is 104 cm³/mol. The Morgan fingerprint density at radius 2 is 1.88 bits per heavy atom. The molecule has 0 unspecified atom stereocenters. The van der Waals surface area contributed by atoms with Crippen molar-refractivity contribution in [2.24, 2.45) is 17.8 Å². The van der Waals surface area contributed by atoms with E-state index < -0.39 is 0 Å². The number of hydrogen-bond acceptors (Lipinski definition) is 2. The van der Waals surface area contributed by atoms with Crippen LogP contribution in [-0.2, 0) is 0 Å². The van der Waals surface area contributed by atoms with Gasteiger partial charge in [-0.1, -0.05) is 31.5 Å². The number of carbonyl (C=O) groups is 1. The summed E-state index contributed by atoms with van der Waals surface area (Å²) in [6.45, 7) is 10.1. The number of anilines is 1. The summed E-state index contributed by atoms with van der Waals surface area (Å²) in [6.07, 6.45) is 3.56. The molecule has 4 nitrogen and oxygen atoms in total. The van der Waals surface area contributed by atoms with Gasteiger partial charge in [-0.15, -0.1) is 0 Å². The minimum absolute atomic E-state index is 0.0130. The van der Waals surface area contributed by atoms with Crippen molar-refractivity contribution in [1.82, 2.24) is 9.80 Å². The number of hydrogen-bond donors (Lipinski definition) is 1. The largest absolute Gasteiger partial charge is 0.325 e. The molecule has 138 valence electrons. The topological polar surface area (TPSA) is 35.6 Å². The van der Waals surface area contributed by atoms with E-state index in [0.717, 1.165) is 43.5 Å². The summed E-state index contributed by atoms with van der Waals surface area (Å²) in [6, 6.07) is 7.30. The molecule has 2 aliphatic rings. The van der Waals surface area contributed by atoms with Gasteiger partial charge in [0, 0.05) is 43.4 Å². The monoisotopic (exact) mass is 363 g/mol. The van der Waals surface area contributed by atoms with Gasteiger partial charge in [-0.05, 0) is 55.2 Å². The maximum absolute atomic E-state index is 12.4. The highest BCUT2D eigenvalue weighted by Gasteiger charge is 2.27. The Labute approximate surface area is 156 Å². The van der Waals surface area contributed by atoms with Gasteiger partial charge >= 0.3 is 6.03 Å². The van der Waals surface area contributed by atoms with Gasteiger partial charge in [-0.2, -0.15) is 0 Å². The Kier molecular flexibility index (Phi) is 6.24. The van der Waals surface area contributed by atoms with Gasteiger partial charge in [-0.25, -0.2) is 4.79 Å². The van der Waals surface area contributed by atoms with Crippen LogP contribution in [0.2, 0.25) is 5.02 Å². The van der Waals surface area contributed by atoms with Crippen molar-refractivity contribution in [1.29, 1.82) is 0 Å². The first kappa shape index (κ1) is 18.5. The van der Waals surface area contributed by atoms with Gasteiger partial charge in [0.25, 0.3) is 0 Å². The fourth-order valence-electron chi connectivity index (χ4n) is 4.39. The first-order valence-corrected chi connectivity index (χ1v) is 9.91. The number of nitrogens with one attached hydrogen (secondary N) is 1. The average molecular weight is 364 g/mol. The Morgan fingerprint density at radius 3 is 2.52 bits per heavy atom. The standard InChI is InChI=1S/C20H30ClN3O/c1-15-10-16(2)13-23(12-15)14-17-6-8-24(9-7-17)20(25)22-19-5-3-4-18(21)11-19/h3-5,11,15-17H,6-10,12-14H2,1-2H3,(H,22,25)/t15-,16-/m0/s1. The van der Waals surface area contributed by atoms with Crippen molar-refractivity contribution < 1.29 is 4.79 Å². The Morgan fingerprint density at radius 1 is 1.20 bits per heavy atom. The van der Waals surface area contributed by atoms with Crippen molar-refractivity contribution in [2.45, 2.75) is 33.1 Å². The zero-order valence-corrected chi connectivity index (χ0v) is 16.1. The van der Waals surface area contributed by atoms with Gasteiger partial charge in [-0.3, -0.25) is 0 Å². The van der Waals surface area contributed by atoms with E-state index in [4.69, 9.17) is 11.6 Å². The Balaban J connectivity index is 1.44. The first-order chi connectivity index (χ1) is 12.0. The third kappa shape index (κ3) is 5.35. The molecule has 2 amide bonds. The summed E-state index contributed by atoms with van der Waals surface area (Å²) in [5, 5.41) is 3.59. The Hall–Kier alpha value is -1.26. The van der Waals surface area contributed by atoms with E-state index >= 15 is 0 Å². The lowest BCUT2D eigenvalue weighted by Crippen LogP contribution is -2.46. The minimum Gasteiger partial charge on any atom is -0.325 e. The zero-order chi connectivity index (χ0) is 17.8. The van der Waals surface area contributed by atoms with E-state index in [9.17, 15) is 4.79 Å². The summed E-state index contributed by atoms with van der Waals surface area (Å²) >= 11 is 5.98. The molecule has 0 bridgehead atoms. The molecule has 1 aromatic carbocycles. The van der Waals surface area contributed by atoms with E-state index in [1.807, 2.05) is 23.1 Å². The quantitative estimate of drug-likeness (QED) is 0.854. The average Bonchev–Trinajstić information content (AvgIpc) is 2.54. The lowest BCUT2D eigenvalue weighted by atomic mass is 9.89. The lowest BCUT2D eigenvalue weighted by Gasteiger charge is -2.39. The molecule has 0 aromatic heterocycles. The number of halogens is 1. The molecule has 25 heavy (non-hydrogen) atoms. The highest BCUT2D eigenvalue weighted by Crippen LogP contribution is 2.25. The third-order valence-electron chi connectivity index (χ3n) is 5.44. The molecule has 2 fully saturated rings. The van der Waals surface area contributed by atoms with Crippen LogP contribution >= 0.6 is 11.6 Å². The van der Waals surface area contributed by atoms with Crippen LogP contribution in [0.4, 0.5) is 10.5 Å². The molecule has 2 aliphatic heterocycles. The van der Waals surface area contributed by atoms with Crippen LogP contribution in [-0.4, -0.2) is 48.6 Å². The van der Waals surface area contributed by atoms with E-state index in [-0.39, 0.29) is 6.03 Å². The van der Waals surface area contributed by atoms with Gasteiger partial charge in [0.15, 0.2) is 0 Å². The zero-order valence-electron chi connectivity index (χ0n) is 15.4. The lowest BCUT2D eigenvalue weighted by molar-refractivity contribution is 0.101. The van der Waals surface area contributed by atoms with Gasteiger partial charge in [0.1, 0.15) is 0 Å². The molecule has 1 aromatic rings. The molecule has 3 rings (SSSR count). The third-order valence-corrected chi connectivity index (χ3v) is 5.67. The highest BCUT2D eigenvalue weighted by molar-refractivity contribution is 6.30. The second kappa shape index (κ2) is 8.41. The second-order valence-corrected chi connectivity index (χ2v) is 8.47. The van der Waals surface area contributed by atoms with E-state index in [1.165, 1.54) is 26.1 Å². The molecule has 2 saturated heterocycles. The maximum atomic E-state index is 12.4. The summed E-state index contributed by atoms with van der Waals surface area (Å²) in [4.78, 5) is 17.0. The molecule has 1 N–H and O–H groups in total. The van der Waals surface area contributed by atoms with Crippen LogP contribution in [0.3, 0.4) is 0 Å². The smallest absolute Gasteiger partial charge is 0.321 e. The summed E-state index contributed by atoms with van der Waals surface area (Å²) in [5.74, 6) is 2.34. The number of nitrogens with zero attached hydrogens (tertiary/aromatic N) is 2. The number of urea groups is 1. The molecule has 2 heterocycles. The van der Waals surface area contributed by atoms with E-state index in [1.54, 1.807) is 6.07 Å². The van der Waals surface area contributed by atoms with Crippen molar-refractivity contribution in [2.75, 3.05) is 38.0 Å². The number of carbonyl (C=O) groups excluding carboxylic acids is 1. The Bertz CT molecular complexity index is 576. The molecule has 0 aliphatic carbocycles. The fraction of sp³-hybridized carbons (Fsp3) is 0.650. The molecule has 0 spiro atoms. The summed E-state index contributed by atoms with van der Waals surface area (Å²) in [5.41, 5.74) is 0.760. The van der Waals surface area contributed by atoms with Crippen LogP contribution in [0.25, 0.3) is 0 Å². The van der Waals surface area contributed by atoms with Crippen molar-refractivity contribution >= 4 is 23.3 Å². The maximum Gasteiger partial charge on any atom is 0.321 e. The normalized spacial score (nSPS) is 25.8. The van der Waals surface area contributed by atoms with E-state index in [2.05, 4.69) is 24.1 Å². The minimum atomic E-state index is -0.0130. The number of piperidine rings is 2. The number of amides is 2. The summed E-state index contributed by atoms with van der Waals surface area (Å²) < 4.78 is 0. The van der Waals surface area contributed by atoms with Crippen molar-refractivity contribution in [3.05, 3.63) is 29.3 Å². The highest BCUT2D eigenvalue weighted by atomic mass is 35.5. The second-order valence-electron chi connectivity index (χ2n) is 8.04. The van der Waals surface area contributed by atoms with Gasteiger partial charge < -0.3 is 15.1 Å². The van der Waals surface area contributed by atoms with Crippen molar-refractivity contribution in [3.63, 3.8) is 0 Å². The van der Waals surface area contributed by atoms with Crippen LogP contribution in [0.5, 0.6) is 0 Å². The van der Waals surface area contributed by atoms with Crippen LogP contribution < -0.4 is 5.32 Å². The van der Waals surface area contributed by atoms with Gasteiger partial charge in [0.2, 0.25) is 0 Å². The van der Waals surface area contributed by atoms with Crippen molar-refractivity contribution in [3.8, 4) is 0 Å². The fourth-order valence-corrected chi connectivity index (χ4v) is 4.58. The molecule has 0 radical (unpaired) electrons. The molecular formula is C20H30ClN3O.